The molecule has 15 heavy (non-hydrogen) atoms. The molecule has 2 aliphatic rings. The van der Waals surface area contributed by atoms with Crippen LogP contribution in [-0.4, -0.2) is 37.1 Å². The van der Waals surface area contributed by atoms with E-state index >= 15 is 0 Å². The monoisotopic (exact) mass is 210 g/mol. The molecule has 1 atom stereocenters. The van der Waals surface area contributed by atoms with Crippen LogP contribution in [0.3, 0.4) is 0 Å². The van der Waals surface area contributed by atoms with Crippen LogP contribution in [0.1, 0.15) is 45.4 Å². The highest BCUT2D eigenvalue weighted by atomic mass is 15.2. The number of hydrogen-bond donors (Lipinski definition) is 1. The molecule has 1 aliphatic carbocycles. The third-order valence-corrected chi connectivity index (χ3v) is 4.23. The van der Waals surface area contributed by atoms with Gasteiger partial charge in [0.05, 0.1) is 0 Å². The molecule has 0 aromatic rings. The average molecular weight is 210 g/mol. The first-order valence-electron chi connectivity index (χ1n) is 6.84. The lowest BCUT2D eigenvalue weighted by Crippen LogP contribution is -2.31. The average Bonchev–Trinajstić information content (AvgIpc) is 2.40. The molecule has 0 aromatic carbocycles. The summed E-state index contributed by atoms with van der Waals surface area (Å²) in [4.78, 5) is 2.67. The van der Waals surface area contributed by atoms with E-state index < -0.39 is 0 Å². The summed E-state index contributed by atoms with van der Waals surface area (Å²) < 4.78 is 0. The Hall–Kier alpha value is -0.0800. The van der Waals surface area contributed by atoms with Crippen molar-refractivity contribution in [1.29, 1.82) is 0 Å². The van der Waals surface area contributed by atoms with Crippen molar-refractivity contribution in [1.82, 2.24) is 10.2 Å². The van der Waals surface area contributed by atoms with Crippen molar-refractivity contribution in [2.45, 2.75) is 51.5 Å². The van der Waals surface area contributed by atoms with E-state index in [0.717, 1.165) is 12.0 Å². The van der Waals surface area contributed by atoms with Crippen LogP contribution < -0.4 is 5.32 Å². The van der Waals surface area contributed by atoms with Crippen molar-refractivity contribution >= 4 is 0 Å². The number of rotatable bonds is 4. The van der Waals surface area contributed by atoms with Gasteiger partial charge in [0.1, 0.15) is 0 Å². The lowest BCUT2D eigenvalue weighted by Gasteiger charge is -2.28. The lowest BCUT2D eigenvalue weighted by molar-refractivity contribution is 0.221. The number of hydrogen-bond acceptors (Lipinski definition) is 2. The zero-order valence-electron chi connectivity index (χ0n) is 10.2. The summed E-state index contributed by atoms with van der Waals surface area (Å²) >= 11 is 0. The summed E-state index contributed by atoms with van der Waals surface area (Å²) in [7, 11) is 0. The first-order valence-corrected chi connectivity index (χ1v) is 6.84. The molecule has 1 saturated carbocycles. The predicted molar refractivity (Wildman–Crippen MR) is 65.1 cm³/mol. The van der Waals surface area contributed by atoms with Crippen molar-refractivity contribution in [2.24, 2.45) is 5.92 Å². The fourth-order valence-corrected chi connectivity index (χ4v) is 2.70. The molecule has 0 amide bonds. The Morgan fingerprint density at radius 2 is 2.07 bits per heavy atom. The highest BCUT2D eigenvalue weighted by Gasteiger charge is 2.19. The Kier molecular flexibility index (Phi) is 4.45. The minimum Gasteiger partial charge on any atom is -0.313 e. The number of nitrogens with zero attached hydrogens (tertiary/aromatic N) is 1. The Balaban J connectivity index is 1.64. The summed E-state index contributed by atoms with van der Waals surface area (Å²) in [5.74, 6) is 1.07. The third kappa shape index (κ3) is 3.46. The first kappa shape index (κ1) is 11.4. The molecule has 1 N–H and O–H groups in total. The van der Waals surface area contributed by atoms with Crippen molar-refractivity contribution < 1.29 is 0 Å². The van der Waals surface area contributed by atoms with Gasteiger partial charge in [0.2, 0.25) is 0 Å². The molecule has 1 unspecified atom stereocenters. The normalized spacial score (nSPS) is 29.8. The fourth-order valence-electron chi connectivity index (χ4n) is 2.70. The van der Waals surface area contributed by atoms with Gasteiger partial charge < -0.3 is 10.2 Å². The van der Waals surface area contributed by atoms with Crippen LogP contribution in [0.25, 0.3) is 0 Å². The molecule has 1 saturated heterocycles. The van der Waals surface area contributed by atoms with E-state index in [0.29, 0.717) is 0 Å². The molecule has 2 fully saturated rings. The third-order valence-electron chi connectivity index (χ3n) is 4.23. The van der Waals surface area contributed by atoms with E-state index in [-0.39, 0.29) is 0 Å². The van der Waals surface area contributed by atoms with Crippen LogP contribution >= 0.6 is 0 Å². The Bertz CT molecular complexity index is 177. The fraction of sp³-hybridized carbons (Fsp3) is 1.00. The lowest BCUT2D eigenvalue weighted by atomic mass is 9.83. The van der Waals surface area contributed by atoms with Crippen molar-refractivity contribution in [3.8, 4) is 0 Å². The molecule has 1 heterocycles. The minimum absolute atomic E-state index is 0.777. The van der Waals surface area contributed by atoms with Crippen LogP contribution in [-0.2, 0) is 0 Å². The summed E-state index contributed by atoms with van der Waals surface area (Å²) in [6.07, 6.45) is 8.59. The van der Waals surface area contributed by atoms with E-state index in [1.807, 2.05) is 0 Å². The van der Waals surface area contributed by atoms with Crippen LogP contribution in [0.15, 0.2) is 0 Å². The van der Waals surface area contributed by atoms with E-state index in [1.165, 1.54) is 64.7 Å². The highest BCUT2D eigenvalue weighted by Crippen LogP contribution is 2.29. The molecule has 0 aromatic heterocycles. The molecular formula is C13H26N2. The van der Waals surface area contributed by atoms with Crippen LogP contribution in [0.5, 0.6) is 0 Å². The van der Waals surface area contributed by atoms with E-state index in [4.69, 9.17) is 0 Å². The van der Waals surface area contributed by atoms with Gasteiger partial charge in [-0.05, 0) is 38.3 Å². The van der Waals surface area contributed by atoms with E-state index in [1.54, 1.807) is 0 Å². The second kappa shape index (κ2) is 5.86. The van der Waals surface area contributed by atoms with Crippen LogP contribution in [0.4, 0.5) is 0 Å². The zero-order chi connectivity index (χ0) is 10.5. The molecule has 88 valence electrons. The van der Waals surface area contributed by atoms with E-state index in [2.05, 4.69) is 17.1 Å². The quantitative estimate of drug-likeness (QED) is 0.765. The highest BCUT2D eigenvalue weighted by molar-refractivity contribution is 4.76. The summed E-state index contributed by atoms with van der Waals surface area (Å²) in [5.41, 5.74) is 0. The molecule has 1 aliphatic heterocycles. The maximum Gasteiger partial charge on any atom is 0.0107 e. The molecule has 0 bridgehead atoms. The summed E-state index contributed by atoms with van der Waals surface area (Å²) in [6.45, 7) is 7.43. The Labute approximate surface area is 94.4 Å². The molecular weight excluding hydrogens is 184 g/mol. The van der Waals surface area contributed by atoms with E-state index in [9.17, 15) is 0 Å². The standard InChI is InChI=1S/C13H26N2/c1-2-13-7-10-15(11-8-14-13)9-6-12-4-3-5-12/h12-14H,2-11H2,1H3. The van der Waals surface area contributed by atoms with Gasteiger partial charge in [-0.15, -0.1) is 0 Å². The Morgan fingerprint density at radius 3 is 2.73 bits per heavy atom. The first-order chi connectivity index (χ1) is 7.38. The molecule has 2 nitrogen and oxygen atoms in total. The largest absolute Gasteiger partial charge is 0.313 e. The van der Waals surface area contributed by atoms with Crippen LogP contribution in [0.2, 0.25) is 0 Å². The van der Waals surface area contributed by atoms with Gasteiger partial charge in [-0.3, -0.25) is 0 Å². The number of nitrogens with one attached hydrogen (secondary N) is 1. The van der Waals surface area contributed by atoms with Gasteiger partial charge in [-0.2, -0.15) is 0 Å². The second-order valence-corrected chi connectivity index (χ2v) is 5.28. The van der Waals surface area contributed by atoms with Crippen molar-refractivity contribution in [2.75, 3.05) is 26.2 Å². The molecule has 2 heteroatoms. The smallest absolute Gasteiger partial charge is 0.0107 e. The van der Waals surface area contributed by atoms with Crippen LogP contribution in [0, 0.1) is 5.92 Å². The van der Waals surface area contributed by atoms with Gasteiger partial charge in [0.25, 0.3) is 0 Å². The molecule has 2 rings (SSSR count). The van der Waals surface area contributed by atoms with Gasteiger partial charge in [-0.1, -0.05) is 26.2 Å². The maximum atomic E-state index is 3.64. The van der Waals surface area contributed by atoms with Gasteiger partial charge >= 0.3 is 0 Å². The topological polar surface area (TPSA) is 15.3 Å². The molecule has 0 spiro atoms. The second-order valence-electron chi connectivity index (χ2n) is 5.28. The van der Waals surface area contributed by atoms with Gasteiger partial charge in [0.15, 0.2) is 0 Å². The predicted octanol–water partition coefficient (Wildman–Crippen LogP) is 2.25. The maximum absolute atomic E-state index is 3.64. The van der Waals surface area contributed by atoms with Crippen molar-refractivity contribution in [3.05, 3.63) is 0 Å². The van der Waals surface area contributed by atoms with Crippen molar-refractivity contribution in [3.63, 3.8) is 0 Å². The van der Waals surface area contributed by atoms with Gasteiger partial charge in [-0.25, -0.2) is 0 Å². The SMILES string of the molecule is CCC1CCN(CCC2CCC2)CCN1. The summed E-state index contributed by atoms with van der Waals surface area (Å²) in [5, 5.41) is 3.64. The zero-order valence-corrected chi connectivity index (χ0v) is 10.2. The molecule has 0 radical (unpaired) electrons. The van der Waals surface area contributed by atoms with Gasteiger partial charge in [0, 0.05) is 19.1 Å². The summed E-state index contributed by atoms with van der Waals surface area (Å²) in [6, 6.07) is 0.777. The minimum atomic E-state index is 0.777. The Morgan fingerprint density at radius 1 is 1.20 bits per heavy atom.